The molecule has 0 saturated carbocycles. The van der Waals surface area contributed by atoms with Crippen LogP contribution in [0.4, 0.5) is 5.69 Å². The fraction of sp³-hybridized carbons (Fsp3) is 0.600. The van der Waals surface area contributed by atoms with Crippen molar-refractivity contribution in [1.82, 2.24) is 0 Å². The third-order valence-corrected chi connectivity index (χ3v) is 5.55. The van der Waals surface area contributed by atoms with Gasteiger partial charge in [0.15, 0.2) is 0 Å². The molecule has 1 aromatic rings. The first kappa shape index (κ1) is 16.3. The minimum absolute atomic E-state index is 0.0475. The van der Waals surface area contributed by atoms with Gasteiger partial charge >= 0.3 is 0 Å². The van der Waals surface area contributed by atoms with Crippen LogP contribution in [0.15, 0.2) is 24.3 Å². The highest BCUT2D eigenvalue weighted by Crippen LogP contribution is 2.25. The number of benzene rings is 1. The highest BCUT2D eigenvalue weighted by molar-refractivity contribution is 7.92. The molecule has 1 heterocycles. The Morgan fingerprint density at radius 1 is 1.38 bits per heavy atom. The maximum Gasteiger partial charge on any atom is 0.237 e. The van der Waals surface area contributed by atoms with Crippen molar-refractivity contribution in [3.63, 3.8) is 0 Å². The number of ether oxygens (including phenoxy) is 1. The number of para-hydroxylation sites is 1. The molecule has 2 rings (SSSR count). The summed E-state index contributed by atoms with van der Waals surface area (Å²) in [6.07, 6.45) is 2.21. The minimum atomic E-state index is -3.40. The van der Waals surface area contributed by atoms with Gasteiger partial charge in [-0.15, -0.1) is 0 Å². The van der Waals surface area contributed by atoms with Crippen LogP contribution in [0, 0.1) is 6.92 Å². The average Bonchev–Trinajstić information content (AvgIpc) is 2.93. The van der Waals surface area contributed by atoms with Crippen molar-refractivity contribution in [3.8, 4) is 0 Å². The Morgan fingerprint density at radius 3 is 2.76 bits per heavy atom. The zero-order valence-electron chi connectivity index (χ0n) is 12.5. The molecule has 0 spiro atoms. The monoisotopic (exact) mass is 312 g/mol. The van der Waals surface area contributed by atoms with Crippen LogP contribution < -0.4 is 10.0 Å². The van der Waals surface area contributed by atoms with Crippen LogP contribution in [0.25, 0.3) is 0 Å². The SMILES string of the molecule is Cc1ccccc1N(CCCN)S(=O)(=O)CC1CCCO1. The van der Waals surface area contributed by atoms with Crippen molar-refractivity contribution in [2.75, 3.05) is 29.8 Å². The number of hydrogen-bond donors (Lipinski definition) is 1. The molecule has 0 bridgehead atoms. The number of nitrogens with zero attached hydrogens (tertiary/aromatic N) is 1. The summed E-state index contributed by atoms with van der Waals surface area (Å²) < 4.78 is 32.5. The number of nitrogens with two attached hydrogens (primary N) is 1. The van der Waals surface area contributed by atoms with E-state index in [0.717, 1.165) is 24.1 Å². The highest BCUT2D eigenvalue weighted by atomic mass is 32.2. The second-order valence-electron chi connectivity index (χ2n) is 5.41. The molecule has 1 aliphatic rings. The van der Waals surface area contributed by atoms with Gasteiger partial charge in [0.2, 0.25) is 10.0 Å². The van der Waals surface area contributed by atoms with Crippen molar-refractivity contribution in [2.45, 2.75) is 32.3 Å². The predicted octanol–water partition coefficient (Wildman–Crippen LogP) is 1.66. The summed E-state index contributed by atoms with van der Waals surface area (Å²) in [6, 6.07) is 7.54. The standard InChI is InChI=1S/C15H24N2O3S/c1-13-6-2-3-8-15(13)17(10-5-9-16)21(18,19)12-14-7-4-11-20-14/h2-3,6,8,14H,4-5,7,9-12,16H2,1H3. The van der Waals surface area contributed by atoms with E-state index in [-0.39, 0.29) is 11.9 Å². The van der Waals surface area contributed by atoms with Crippen LogP contribution >= 0.6 is 0 Å². The largest absolute Gasteiger partial charge is 0.377 e. The van der Waals surface area contributed by atoms with Crippen molar-refractivity contribution < 1.29 is 13.2 Å². The first-order valence-electron chi connectivity index (χ1n) is 7.42. The van der Waals surface area contributed by atoms with E-state index >= 15 is 0 Å². The van der Waals surface area contributed by atoms with Gasteiger partial charge in [0, 0.05) is 13.2 Å². The molecule has 1 fully saturated rings. The van der Waals surface area contributed by atoms with Crippen LogP contribution in [0.3, 0.4) is 0 Å². The van der Waals surface area contributed by atoms with Crippen molar-refractivity contribution in [2.24, 2.45) is 5.73 Å². The fourth-order valence-electron chi connectivity index (χ4n) is 2.59. The zero-order chi connectivity index (χ0) is 15.3. The van der Waals surface area contributed by atoms with Gasteiger partial charge in [-0.25, -0.2) is 8.42 Å². The van der Waals surface area contributed by atoms with Crippen LogP contribution in [0.2, 0.25) is 0 Å². The lowest BCUT2D eigenvalue weighted by Gasteiger charge is -2.27. The molecule has 2 N–H and O–H groups in total. The molecule has 1 unspecified atom stereocenters. The summed E-state index contributed by atoms with van der Waals surface area (Å²) >= 11 is 0. The molecule has 0 radical (unpaired) electrons. The van der Waals surface area contributed by atoms with Gasteiger partial charge in [-0.3, -0.25) is 4.31 Å². The summed E-state index contributed by atoms with van der Waals surface area (Å²) in [5.41, 5.74) is 7.24. The number of sulfonamides is 1. The molecular formula is C15H24N2O3S. The molecule has 0 amide bonds. The molecule has 5 nitrogen and oxygen atoms in total. The number of rotatable bonds is 7. The fourth-order valence-corrected chi connectivity index (χ4v) is 4.41. The van der Waals surface area contributed by atoms with Gasteiger partial charge < -0.3 is 10.5 Å². The lowest BCUT2D eigenvalue weighted by Crippen LogP contribution is -2.38. The summed E-state index contributed by atoms with van der Waals surface area (Å²) in [6.45, 7) is 3.47. The Kier molecular flexibility index (Phi) is 5.61. The van der Waals surface area contributed by atoms with Crippen LogP contribution in [0.1, 0.15) is 24.8 Å². The average molecular weight is 312 g/mol. The Labute approximate surface area is 127 Å². The molecule has 1 aromatic carbocycles. The van der Waals surface area contributed by atoms with Crippen molar-refractivity contribution in [1.29, 1.82) is 0 Å². The Hall–Kier alpha value is -1.11. The quantitative estimate of drug-likeness (QED) is 0.831. The second kappa shape index (κ2) is 7.24. The van der Waals surface area contributed by atoms with Crippen LogP contribution in [-0.2, 0) is 14.8 Å². The van der Waals surface area contributed by atoms with Gasteiger partial charge in [0.05, 0.1) is 17.5 Å². The predicted molar refractivity (Wildman–Crippen MR) is 85.0 cm³/mol. The van der Waals surface area contributed by atoms with Gasteiger partial charge in [-0.2, -0.15) is 0 Å². The Morgan fingerprint density at radius 2 is 2.14 bits per heavy atom. The summed E-state index contributed by atoms with van der Waals surface area (Å²) in [5, 5.41) is 0. The van der Waals surface area contributed by atoms with Gasteiger partial charge in [0.1, 0.15) is 0 Å². The third-order valence-electron chi connectivity index (χ3n) is 3.71. The first-order valence-corrected chi connectivity index (χ1v) is 9.03. The molecule has 1 saturated heterocycles. The van der Waals surface area contributed by atoms with E-state index < -0.39 is 10.0 Å². The van der Waals surface area contributed by atoms with E-state index in [2.05, 4.69) is 0 Å². The Bertz CT molecular complexity index is 554. The van der Waals surface area contributed by atoms with Gasteiger partial charge in [0.25, 0.3) is 0 Å². The lowest BCUT2D eigenvalue weighted by atomic mass is 10.2. The summed E-state index contributed by atoms with van der Waals surface area (Å²) in [7, 11) is -3.40. The smallest absolute Gasteiger partial charge is 0.237 e. The minimum Gasteiger partial charge on any atom is -0.377 e. The summed E-state index contributed by atoms with van der Waals surface area (Å²) in [5.74, 6) is 0.0475. The van der Waals surface area contributed by atoms with E-state index in [4.69, 9.17) is 10.5 Å². The van der Waals surface area contributed by atoms with Gasteiger partial charge in [-0.05, 0) is 44.4 Å². The number of hydrogen-bond acceptors (Lipinski definition) is 4. The van der Waals surface area contributed by atoms with E-state index in [1.165, 1.54) is 4.31 Å². The van der Waals surface area contributed by atoms with E-state index in [1.807, 2.05) is 31.2 Å². The van der Waals surface area contributed by atoms with E-state index in [0.29, 0.717) is 26.1 Å². The molecule has 1 aliphatic heterocycles. The van der Waals surface area contributed by atoms with E-state index in [9.17, 15) is 8.42 Å². The van der Waals surface area contributed by atoms with Crippen molar-refractivity contribution in [3.05, 3.63) is 29.8 Å². The van der Waals surface area contributed by atoms with Crippen LogP contribution in [0.5, 0.6) is 0 Å². The Balaban J connectivity index is 2.24. The second-order valence-corrected chi connectivity index (χ2v) is 7.35. The maximum atomic E-state index is 12.8. The maximum absolute atomic E-state index is 12.8. The van der Waals surface area contributed by atoms with E-state index in [1.54, 1.807) is 0 Å². The number of anilines is 1. The highest BCUT2D eigenvalue weighted by Gasteiger charge is 2.29. The van der Waals surface area contributed by atoms with Crippen LogP contribution in [-0.4, -0.2) is 40.0 Å². The topological polar surface area (TPSA) is 72.6 Å². The van der Waals surface area contributed by atoms with Gasteiger partial charge in [-0.1, -0.05) is 18.2 Å². The summed E-state index contributed by atoms with van der Waals surface area (Å²) in [4.78, 5) is 0. The molecule has 1 atom stereocenters. The third kappa shape index (κ3) is 4.18. The molecule has 6 heteroatoms. The molecule has 21 heavy (non-hydrogen) atoms. The molecule has 0 aromatic heterocycles. The molecular weight excluding hydrogens is 288 g/mol. The first-order chi connectivity index (χ1) is 10.0. The zero-order valence-corrected chi connectivity index (χ0v) is 13.3. The lowest BCUT2D eigenvalue weighted by molar-refractivity contribution is 0.127. The van der Waals surface area contributed by atoms with Crippen molar-refractivity contribution >= 4 is 15.7 Å². The molecule has 118 valence electrons. The molecule has 0 aliphatic carbocycles. The normalized spacial score (nSPS) is 18.9. The number of aryl methyl sites for hydroxylation is 1.